The molecule has 1 aliphatic rings. The van der Waals surface area contributed by atoms with E-state index in [2.05, 4.69) is 6.07 Å². The SMILES string of the molecule is N#Cc1ccc2c(c1Cl)CC(c1ccccc1)O2. The van der Waals surface area contributed by atoms with E-state index in [4.69, 9.17) is 21.6 Å². The number of hydrogen-bond acceptors (Lipinski definition) is 2. The van der Waals surface area contributed by atoms with E-state index >= 15 is 0 Å². The molecule has 0 bridgehead atoms. The highest BCUT2D eigenvalue weighted by atomic mass is 35.5. The maximum Gasteiger partial charge on any atom is 0.128 e. The Hall–Kier alpha value is -1.98. The maximum atomic E-state index is 8.96. The summed E-state index contributed by atoms with van der Waals surface area (Å²) < 4.78 is 5.88. The molecule has 0 N–H and O–H groups in total. The summed E-state index contributed by atoms with van der Waals surface area (Å²) in [5.74, 6) is 0.785. The lowest BCUT2D eigenvalue weighted by molar-refractivity contribution is 0.238. The summed E-state index contributed by atoms with van der Waals surface area (Å²) in [6.07, 6.45) is 0.709. The van der Waals surface area contributed by atoms with E-state index in [9.17, 15) is 0 Å². The van der Waals surface area contributed by atoms with E-state index in [0.717, 1.165) is 16.9 Å². The number of nitrogens with zero attached hydrogens (tertiary/aromatic N) is 1. The van der Waals surface area contributed by atoms with Crippen LogP contribution in [0.15, 0.2) is 42.5 Å². The van der Waals surface area contributed by atoms with Gasteiger partial charge in [-0.2, -0.15) is 5.26 Å². The van der Waals surface area contributed by atoms with Crippen LogP contribution in [0.2, 0.25) is 5.02 Å². The molecule has 1 atom stereocenters. The summed E-state index contributed by atoms with van der Waals surface area (Å²) in [5, 5.41) is 9.48. The monoisotopic (exact) mass is 255 g/mol. The first-order chi connectivity index (χ1) is 8.79. The first-order valence-corrected chi connectivity index (χ1v) is 6.10. The van der Waals surface area contributed by atoms with Crippen LogP contribution in [0.3, 0.4) is 0 Å². The van der Waals surface area contributed by atoms with Crippen LogP contribution in [0, 0.1) is 11.3 Å². The molecule has 0 fully saturated rings. The number of benzene rings is 2. The molecule has 0 amide bonds. The Labute approximate surface area is 110 Å². The van der Waals surface area contributed by atoms with Crippen molar-refractivity contribution >= 4 is 11.6 Å². The summed E-state index contributed by atoms with van der Waals surface area (Å²) in [4.78, 5) is 0. The van der Waals surface area contributed by atoms with Crippen molar-refractivity contribution in [2.24, 2.45) is 0 Å². The minimum Gasteiger partial charge on any atom is -0.485 e. The third-order valence-electron chi connectivity index (χ3n) is 3.15. The van der Waals surface area contributed by atoms with E-state index in [-0.39, 0.29) is 6.10 Å². The Morgan fingerprint density at radius 2 is 1.94 bits per heavy atom. The van der Waals surface area contributed by atoms with Crippen LogP contribution in [0.4, 0.5) is 0 Å². The Bertz CT molecular complexity index is 631. The molecule has 1 heterocycles. The lowest BCUT2D eigenvalue weighted by Gasteiger charge is -2.10. The van der Waals surface area contributed by atoms with Crippen molar-refractivity contribution in [3.8, 4) is 11.8 Å². The fraction of sp³-hybridized carbons (Fsp3) is 0.133. The summed E-state index contributed by atoms with van der Waals surface area (Å²) in [6, 6.07) is 15.7. The fourth-order valence-corrected chi connectivity index (χ4v) is 2.50. The van der Waals surface area contributed by atoms with Crippen molar-refractivity contribution in [3.05, 3.63) is 64.2 Å². The smallest absolute Gasteiger partial charge is 0.128 e. The van der Waals surface area contributed by atoms with Crippen LogP contribution < -0.4 is 4.74 Å². The molecule has 0 aromatic heterocycles. The predicted molar refractivity (Wildman–Crippen MR) is 69.7 cm³/mol. The quantitative estimate of drug-likeness (QED) is 0.775. The number of rotatable bonds is 1. The largest absolute Gasteiger partial charge is 0.485 e. The van der Waals surface area contributed by atoms with Gasteiger partial charge < -0.3 is 4.74 Å². The highest BCUT2D eigenvalue weighted by Crippen LogP contribution is 2.41. The third kappa shape index (κ3) is 1.73. The normalized spacial score (nSPS) is 16.8. The fourth-order valence-electron chi connectivity index (χ4n) is 2.22. The number of ether oxygens (including phenoxy) is 1. The second-order valence-electron chi connectivity index (χ2n) is 4.24. The molecule has 0 saturated carbocycles. The molecule has 2 aromatic rings. The second kappa shape index (κ2) is 4.36. The van der Waals surface area contributed by atoms with Gasteiger partial charge in [-0.15, -0.1) is 0 Å². The zero-order chi connectivity index (χ0) is 12.5. The zero-order valence-corrected chi connectivity index (χ0v) is 10.3. The molecule has 18 heavy (non-hydrogen) atoms. The number of hydrogen-bond donors (Lipinski definition) is 0. The van der Waals surface area contributed by atoms with Gasteiger partial charge in [0.15, 0.2) is 0 Å². The van der Waals surface area contributed by atoms with Crippen LogP contribution in [-0.2, 0) is 6.42 Å². The van der Waals surface area contributed by atoms with Gasteiger partial charge in [0.1, 0.15) is 17.9 Å². The molecule has 2 nitrogen and oxygen atoms in total. The van der Waals surface area contributed by atoms with Crippen LogP contribution in [-0.4, -0.2) is 0 Å². The summed E-state index contributed by atoms with van der Waals surface area (Å²) >= 11 is 6.20. The molecular weight excluding hydrogens is 246 g/mol. The van der Waals surface area contributed by atoms with Gasteiger partial charge in [-0.05, 0) is 17.7 Å². The Balaban J connectivity index is 1.97. The molecule has 1 unspecified atom stereocenters. The highest BCUT2D eigenvalue weighted by Gasteiger charge is 2.27. The molecule has 88 valence electrons. The lowest BCUT2D eigenvalue weighted by atomic mass is 10.0. The van der Waals surface area contributed by atoms with Gasteiger partial charge in [-0.25, -0.2) is 0 Å². The molecule has 3 rings (SSSR count). The molecule has 0 aliphatic carbocycles. The lowest BCUT2D eigenvalue weighted by Crippen LogP contribution is -2.02. The van der Waals surface area contributed by atoms with Gasteiger partial charge >= 0.3 is 0 Å². The highest BCUT2D eigenvalue weighted by molar-refractivity contribution is 6.32. The van der Waals surface area contributed by atoms with E-state index in [1.54, 1.807) is 6.07 Å². The number of nitriles is 1. The standard InChI is InChI=1S/C15H10ClNO/c16-15-11(9-17)6-7-13-12(15)8-14(18-13)10-4-2-1-3-5-10/h1-7,14H,8H2. The maximum absolute atomic E-state index is 8.96. The third-order valence-corrected chi connectivity index (χ3v) is 3.58. The second-order valence-corrected chi connectivity index (χ2v) is 4.61. The van der Waals surface area contributed by atoms with Crippen LogP contribution >= 0.6 is 11.6 Å². The van der Waals surface area contributed by atoms with Gasteiger partial charge in [0.2, 0.25) is 0 Å². The molecule has 2 aromatic carbocycles. The first-order valence-electron chi connectivity index (χ1n) is 5.72. The van der Waals surface area contributed by atoms with E-state index < -0.39 is 0 Å². The van der Waals surface area contributed by atoms with Crippen LogP contribution in [0.1, 0.15) is 22.8 Å². The van der Waals surface area contributed by atoms with Gasteiger partial charge in [0, 0.05) is 12.0 Å². The number of fused-ring (bicyclic) bond motifs is 1. The van der Waals surface area contributed by atoms with Crippen molar-refractivity contribution < 1.29 is 4.74 Å². The summed E-state index contributed by atoms with van der Waals surface area (Å²) in [5.41, 5.74) is 2.57. The van der Waals surface area contributed by atoms with E-state index in [1.807, 2.05) is 36.4 Å². The zero-order valence-electron chi connectivity index (χ0n) is 9.56. The van der Waals surface area contributed by atoms with Gasteiger partial charge in [-0.3, -0.25) is 0 Å². The van der Waals surface area contributed by atoms with Gasteiger partial charge in [-0.1, -0.05) is 41.9 Å². The molecular formula is C15H10ClNO. The molecule has 0 spiro atoms. The molecule has 0 saturated heterocycles. The topological polar surface area (TPSA) is 33.0 Å². The predicted octanol–water partition coefficient (Wildman–Crippen LogP) is 3.89. The van der Waals surface area contributed by atoms with Crippen molar-refractivity contribution in [3.63, 3.8) is 0 Å². The van der Waals surface area contributed by atoms with Crippen molar-refractivity contribution in [2.75, 3.05) is 0 Å². The Morgan fingerprint density at radius 1 is 1.17 bits per heavy atom. The average molecular weight is 256 g/mol. The van der Waals surface area contributed by atoms with Gasteiger partial charge in [0.25, 0.3) is 0 Å². The summed E-state index contributed by atoms with van der Waals surface area (Å²) in [7, 11) is 0. The molecule has 3 heteroatoms. The Morgan fingerprint density at radius 3 is 2.67 bits per heavy atom. The van der Waals surface area contributed by atoms with Crippen molar-refractivity contribution in [1.29, 1.82) is 5.26 Å². The number of halogens is 1. The van der Waals surface area contributed by atoms with Crippen molar-refractivity contribution in [2.45, 2.75) is 12.5 Å². The molecule has 1 aliphatic heterocycles. The van der Waals surface area contributed by atoms with Crippen molar-refractivity contribution in [1.82, 2.24) is 0 Å². The first kappa shape index (κ1) is 11.1. The van der Waals surface area contributed by atoms with E-state index in [1.165, 1.54) is 0 Å². The minimum absolute atomic E-state index is 0.00681. The van der Waals surface area contributed by atoms with E-state index in [0.29, 0.717) is 17.0 Å². The van der Waals surface area contributed by atoms with Crippen LogP contribution in [0.5, 0.6) is 5.75 Å². The van der Waals surface area contributed by atoms with Gasteiger partial charge in [0.05, 0.1) is 10.6 Å². The summed E-state index contributed by atoms with van der Waals surface area (Å²) in [6.45, 7) is 0. The Kier molecular flexibility index (Phi) is 2.70. The van der Waals surface area contributed by atoms with Crippen LogP contribution in [0.25, 0.3) is 0 Å². The minimum atomic E-state index is -0.00681. The molecule has 0 radical (unpaired) electrons. The average Bonchev–Trinajstić information content (AvgIpc) is 2.85.